The molecule has 3 heteroatoms. The van der Waals surface area contributed by atoms with Crippen molar-refractivity contribution in [2.24, 2.45) is 18.9 Å². The van der Waals surface area contributed by atoms with Crippen LogP contribution in [0.25, 0.3) is 0 Å². The highest BCUT2D eigenvalue weighted by atomic mass is 15.3. The van der Waals surface area contributed by atoms with Crippen LogP contribution in [0, 0.1) is 11.8 Å². The van der Waals surface area contributed by atoms with E-state index in [1.165, 1.54) is 25.0 Å². The highest BCUT2D eigenvalue weighted by Gasteiger charge is 2.40. The first-order valence-electron chi connectivity index (χ1n) is 7.68. The van der Waals surface area contributed by atoms with E-state index in [1.807, 2.05) is 11.7 Å². The molecule has 0 aromatic carbocycles. The molecule has 0 saturated heterocycles. The summed E-state index contributed by atoms with van der Waals surface area (Å²) in [6.45, 7) is 10.4. The molecule has 1 aromatic rings. The lowest BCUT2D eigenvalue weighted by molar-refractivity contribution is 0.144. The van der Waals surface area contributed by atoms with Crippen LogP contribution in [0.3, 0.4) is 0 Å². The fourth-order valence-electron chi connectivity index (χ4n) is 3.68. The summed E-state index contributed by atoms with van der Waals surface area (Å²) in [6, 6.07) is 2.81. The molecule has 1 saturated carbocycles. The average molecular weight is 263 g/mol. The Balaban J connectivity index is 2.21. The first kappa shape index (κ1) is 14.6. The second-order valence-corrected chi connectivity index (χ2v) is 6.79. The average Bonchev–Trinajstić information content (AvgIpc) is 2.77. The molecule has 1 N–H and O–H groups in total. The van der Waals surface area contributed by atoms with E-state index < -0.39 is 0 Å². The molecule has 3 unspecified atom stereocenters. The SMILES string of the molecule is CCNC1CC(C)CCC1C(C)(C)c1ccn(C)n1. The molecular weight excluding hydrogens is 234 g/mol. The Labute approximate surface area is 117 Å². The Morgan fingerprint density at radius 3 is 2.74 bits per heavy atom. The van der Waals surface area contributed by atoms with Crippen LogP contribution in [0.2, 0.25) is 0 Å². The molecule has 3 nitrogen and oxygen atoms in total. The molecule has 1 aliphatic carbocycles. The molecular formula is C16H29N3. The summed E-state index contributed by atoms with van der Waals surface area (Å²) >= 11 is 0. The van der Waals surface area contributed by atoms with E-state index >= 15 is 0 Å². The van der Waals surface area contributed by atoms with Crippen LogP contribution in [0.4, 0.5) is 0 Å². The summed E-state index contributed by atoms with van der Waals surface area (Å²) in [4.78, 5) is 0. The maximum atomic E-state index is 4.66. The minimum absolute atomic E-state index is 0.147. The zero-order chi connectivity index (χ0) is 14.0. The zero-order valence-corrected chi connectivity index (χ0v) is 13.1. The Bertz CT molecular complexity index is 408. The van der Waals surface area contributed by atoms with Crippen molar-refractivity contribution in [1.82, 2.24) is 15.1 Å². The lowest BCUT2D eigenvalue weighted by Gasteiger charge is -2.44. The summed E-state index contributed by atoms with van der Waals surface area (Å²) in [5.74, 6) is 1.53. The molecule has 108 valence electrons. The molecule has 3 atom stereocenters. The molecule has 0 amide bonds. The summed E-state index contributed by atoms with van der Waals surface area (Å²) in [7, 11) is 2.00. The number of nitrogens with one attached hydrogen (secondary N) is 1. The fraction of sp³-hybridized carbons (Fsp3) is 0.812. The first-order valence-corrected chi connectivity index (χ1v) is 7.68. The number of nitrogens with zero attached hydrogens (tertiary/aromatic N) is 2. The fourth-order valence-corrected chi connectivity index (χ4v) is 3.68. The van der Waals surface area contributed by atoms with Gasteiger partial charge in [0, 0.05) is 24.7 Å². The molecule has 0 radical (unpaired) electrons. The van der Waals surface area contributed by atoms with Crippen LogP contribution in [-0.2, 0) is 12.5 Å². The van der Waals surface area contributed by atoms with E-state index in [1.54, 1.807) is 0 Å². The van der Waals surface area contributed by atoms with Crippen LogP contribution in [-0.4, -0.2) is 22.4 Å². The summed E-state index contributed by atoms with van der Waals surface area (Å²) < 4.78 is 1.92. The van der Waals surface area contributed by atoms with Gasteiger partial charge in [0.15, 0.2) is 0 Å². The summed E-state index contributed by atoms with van der Waals surface area (Å²) in [5.41, 5.74) is 1.38. The van der Waals surface area contributed by atoms with E-state index in [9.17, 15) is 0 Å². The van der Waals surface area contributed by atoms with Gasteiger partial charge in [-0.2, -0.15) is 5.10 Å². The van der Waals surface area contributed by atoms with Gasteiger partial charge in [-0.05, 0) is 37.3 Å². The highest BCUT2D eigenvalue weighted by Crippen LogP contribution is 2.41. The largest absolute Gasteiger partial charge is 0.314 e. The maximum absolute atomic E-state index is 4.66. The molecule has 1 heterocycles. The van der Waals surface area contributed by atoms with Crippen molar-refractivity contribution < 1.29 is 0 Å². The summed E-state index contributed by atoms with van der Waals surface area (Å²) in [6.07, 6.45) is 6.02. The number of aryl methyl sites for hydroxylation is 1. The zero-order valence-electron chi connectivity index (χ0n) is 13.1. The summed E-state index contributed by atoms with van der Waals surface area (Å²) in [5, 5.41) is 8.37. The van der Waals surface area contributed by atoms with Gasteiger partial charge in [-0.15, -0.1) is 0 Å². The number of hydrogen-bond acceptors (Lipinski definition) is 2. The van der Waals surface area contributed by atoms with Crippen molar-refractivity contribution in [3.8, 4) is 0 Å². The number of rotatable bonds is 4. The van der Waals surface area contributed by atoms with Crippen LogP contribution < -0.4 is 5.32 Å². The van der Waals surface area contributed by atoms with Gasteiger partial charge in [-0.1, -0.05) is 34.1 Å². The molecule has 0 bridgehead atoms. The van der Waals surface area contributed by atoms with Crippen molar-refractivity contribution in [3.05, 3.63) is 18.0 Å². The predicted octanol–water partition coefficient (Wildman–Crippen LogP) is 3.11. The Kier molecular flexibility index (Phi) is 4.34. The van der Waals surface area contributed by atoms with Crippen LogP contribution >= 0.6 is 0 Å². The lowest BCUT2D eigenvalue weighted by Crippen LogP contribution is -2.48. The van der Waals surface area contributed by atoms with Crippen LogP contribution in [0.5, 0.6) is 0 Å². The number of aromatic nitrogens is 2. The maximum Gasteiger partial charge on any atom is 0.0683 e. The molecule has 19 heavy (non-hydrogen) atoms. The highest BCUT2D eigenvalue weighted by molar-refractivity contribution is 5.16. The molecule has 0 spiro atoms. The van der Waals surface area contributed by atoms with Gasteiger partial charge in [0.25, 0.3) is 0 Å². The minimum atomic E-state index is 0.147. The second-order valence-electron chi connectivity index (χ2n) is 6.79. The van der Waals surface area contributed by atoms with Crippen molar-refractivity contribution in [1.29, 1.82) is 0 Å². The monoisotopic (exact) mass is 263 g/mol. The van der Waals surface area contributed by atoms with Gasteiger partial charge in [0.05, 0.1) is 5.69 Å². The van der Waals surface area contributed by atoms with Crippen molar-refractivity contribution >= 4 is 0 Å². The van der Waals surface area contributed by atoms with Crippen molar-refractivity contribution in [2.45, 2.75) is 58.4 Å². The molecule has 2 rings (SSSR count). The van der Waals surface area contributed by atoms with Gasteiger partial charge in [-0.25, -0.2) is 0 Å². The quantitative estimate of drug-likeness (QED) is 0.904. The topological polar surface area (TPSA) is 29.9 Å². The van der Waals surface area contributed by atoms with Gasteiger partial charge in [-0.3, -0.25) is 4.68 Å². The Morgan fingerprint density at radius 2 is 2.16 bits per heavy atom. The first-order chi connectivity index (χ1) is 8.95. The van der Waals surface area contributed by atoms with Gasteiger partial charge in [0.1, 0.15) is 0 Å². The third kappa shape index (κ3) is 3.02. The molecule has 1 aromatic heterocycles. The van der Waals surface area contributed by atoms with Gasteiger partial charge >= 0.3 is 0 Å². The van der Waals surface area contributed by atoms with Crippen LogP contribution in [0.1, 0.15) is 52.7 Å². The lowest BCUT2D eigenvalue weighted by atomic mass is 9.65. The van der Waals surface area contributed by atoms with E-state index in [4.69, 9.17) is 0 Å². The smallest absolute Gasteiger partial charge is 0.0683 e. The number of hydrogen-bond donors (Lipinski definition) is 1. The van der Waals surface area contributed by atoms with Crippen molar-refractivity contribution in [3.63, 3.8) is 0 Å². The van der Waals surface area contributed by atoms with E-state index in [-0.39, 0.29) is 5.41 Å². The molecule has 1 aliphatic rings. The Hall–Kier alpha value is -0.830. The van der Waals surface area contributed by atoms with Crippen LogP contribution in [0.15, 0.2) is 12.3 Å². The normalized spacial score (nSPS) is 28.6. The Morgan fingerprint density at radius 1 is 1.42 bits per heavy atom. The third-order valence-electron chi connectivity index (χ3n) is 4.88. The predicted molar refractivity (Wildman–Crippen MR) is 80.2 cm³/mol. The van der Waals surface area contributed by atoms with E-state index in [2.05, 4.69) is 50.4 Å². The van der Waals surface area contributed by atoms with Gasteiger partial charge < -0.3 is 5.32 Å². The van der Waals surface area contributed by atoms with Crippen molar-refractivity contribution in [2.75, 3.05) is 6.54 Å². The second kappa shape index (κ2) is 5.66. The third-order valence-corrected chi connectivity index (χ3v) is 4.88. The molecule has 0 aliphatic heterocycles. The van der Waals surface area contributed by atoms with Gasteiger partial charge in [0.2, 0.25) is 0 Å². The van der Waals surface area contributed by atoms with E-state index in [0.29, 0.717) is 12.0 Å². The molecule has 1 fully saturated rings. The standard InChI is InChI=1S/C16H29N3/c1-6-17-14-11-12(2)7-8-13(14)16(3,4)15-9-10-19(5)18-15/h9-10,12-14,17H,6-8,11H2,1-5H3. The minimum Gasteiger partial charge on any atom is -0.314 e. The van der Waals surface area contributed by atoms with E-state index in [0.717, 1.165) is 12.5 Å².